The van der Waals surface area contributed by atoms with E-state index in [-0.39, 0.29) is 23.9 Å². The van der Waals surface area contributed by atoms with Gasteiger partial charge in [-0.3, -0.25) is 19.2 Å². The summed E-state index contributed by atoms with van der Waals surface area (Å²) in [5, 5.41) is 26.0. The molecule has 4 aliphatic carbocycles. The molecule has 220 valence electrons. The van der Waals surface area contributed by atoms with Crippen molar-refractivity contribution in [3.63, 3.8) is 0 Å². The van der Waals surface area contributed by atoms with Gasteiger partial charge in [0.1, 0.15) is 23.4 Å². The van der Waals surface area contributed by atoms with E-state index in [1.807, 2.05) is 25.3 Å². The second-order valence-electron chi connectivity index (χ2n) is 13.7. The molecule has 0 radical (unpaired) electrons. The molecule has 0 unspecified atom stereocenters. The first-order chi connectivity index (χ1) is 19.4. The number of aliphatic hydroxyl groups excluding tert-OH is 1. The molecule has 1 aromatic heterocycles. The highest BCUT2D eigenvalue weighted by Crippen LogP contribution is 2.76. The third-order valence-electron chi connectivity index (χ3n) is 11.7. The monoisotopic (exact) mass is 583 g/mol. The Morgan fingerprint density at radius 3 is 2.59 bits per heavy atom. The quantitative estimate of drug-likeness (QED) is 0.411. The van der Waals surface area contributed by atoms with Gasteiger partial charge in [0.05, 0.1) is 22.8 Å². The zero-order valence-corrected chi connectivity index (χ0v) is 24.3. The molecule has 2 spiro atoms. The van der Waals surface area contributed by atoms with Gasteiger partial charge in [0.25, 0.3) is 5.91 Å². The number of nitrogens with zero attached hydrogens (tertiary/aromatic N) is 1. The molecule has 1 aromatic rings. The number of likely N-dealkylation sites (tertiary alicyclic amines) is 1. The fourth-order valence-electron chi connectivity index (χ4n) is 9.86. The maximum Gasteiger partial charge on any atom is 0.309 e. The van der Waals surface area contributed by atoms with Gasteiger partial charge in [-0.1, -0.05) is 26.5 Å². The first kappa shape index (κ1) is 27.4. The van der Waals surface area contributed by atoms with E-state index in [4.69, 9.17) is 9.47 Å². The van der Waals surface area contributed by atoms with Gasteiger partial charge in [-0.05, 0) is 60.5 Å². The summed E-state index contributed by atoms with van der Waals surface area (Å²) in [6.45, 7) is 8.81. The molecule has 2 N–H and O–H groups in total. The van der Waals surface area contributed by atoms with E-state index in [0.717, 1.165) is 0 Å². The summed E-state index contributed by atoms with van der Waals surface area (Å²) in [5.41, 5.74) is -3.16. The minimum atomic E-state index is -2.31. The van der Waals surface area contributed by atoms with Crippen molar-refractivity contribution in [1.29, 1.82) is 0 Å². The van der Waals surface area contributed by atoms with E-state index in [1.165, 1.54) is 11.3 Å². The van der Waals surface area contributed by atoms with Crippen molar-refractivity contribution < 1.29 is 38.9 Å². The zero-order chi connectivity index (χ0) is 29.1. The summed E-state index contributed by atoms with van der Waals surface area (Å²) in [7, 11) is 0. The lowest BCUT2D eigenvalue weighted by molar-refractivity contribution is -0.437. The number of ether oxygens (including phenoxy) is 2. The van der Waals surface area contributed by atoms with Crippen LogP contribution in [0.1, 0.15) is 62.0 Å². The molecule has 3 saturated heterocycles. The van der Waals surface area contributed by atoms with Crippen LogP contribution in [0, 0.1) is 39.9 Å². The van der Waals surface area contributed by atoms with Gasteiger partial charge in [0, 0.05) is 31.3 Å². The topological polar surface area (TPSA) is 130 Å². The number of fused-ring (bicyclic) bond motifs is 2. The summed E-state index contributed by atoms with van der Waals surface area (Å²) < 4.78 is 12.3. The van der Waals surface area contributed by atoms with E-state index >= 15 is 0 Å². The van der Waals surface area contributed by atoms with Crippen molar-refractivity contribution in [3.05, 3.63) is 34.5 Å². The summed E-state index contributed by atoms with van der Waals surface area (Å²) in [4.78, 5) is 57.0. The fraction of sp³-hybridized carbons (Fsp3) is 0.677. The molecule has 8 atom stereocenters. The number of rotatable bonds is 3. The molecule has 4 bridgehead atoms. The van der Waals surface area contributed by atoms with E-state index < -0.39 is 69.7 Å². The van der Waals surface area contributed by atoms with Crippen LogP contribution in [0.2, 0.25) is 0 Å². The van der Waals surface area contributed by atoms with Gasteiger partial charge < -0.3 is 24.6 Å². The molecule has 9 nitrogen and oxygen atoms in total. The lowest BCUT2D eigenvalue weighted by atomic mass is 9.36. The molecular formula is C31H37NO8S. The summed E-state index contributed by atoms with van der Waals surface area (Å²) >= 11 is 1.38. The normalized spacial score (nSPS) is 43.1. The lowest BCUT2D eigenvalue weighted by Crippen LogP contribution is -2.85. The minimum Gasteiger partial charge on any atom is -0.460 e. The Balaban J connectivity index is 1.21. The summed E-state index contributed by atoms with van der Waals surface area (Å²) in [6.07, 6.45) is 0.0851. The number of carbonyl (C=O) groups is 4. The first-order valence-electron chi connectivity index (χ1n) is 14.8. The van der Waals surface area contributed by atoms with Crippen LogP contribution in [0.15, 0.2) is 29.7 Å². The second kappa shape index (κ2) is 8.81. The summed E-state index contributed by atoms with van der Waals surface area (Å²) in [6, 6.07) is 3.62. The van der Waals surface area contributed by atoms with Crippen LogP contribution < -0.4 is 0 Å². The first-order valence-corrected chi connectivity index (χ1v) is 15.6. The van der Waals surface area contributed by atoms with Gasteiger partial charge in [-0.15, -0.1) is 11.3 Å². The molecule has 0 aromatic carbocycles. The Kier molecular flexibility index (Phi) is 5.90. The Morgan fingerprint density at radius 1 is 1.17 bits per heavy atom. The third-order valence-corrected chi connectivity index (χ3v) is 12.6. The Hall–Kier alpha value is -2.40. The smallest absolute Gasteiger partial charge is 0.309 e. The predicted octanol–water partition coefficient (Wildman–Crippen LogP) is 2.75. The van der Waals surface area contributed by atoms with Crippen molar-refractivity contribution in [2.75, 3.05) is 19.7 Å². The van der Waals surface area contributed by atoms with Crippen molar-refractivity contribution >= 4 is 34.8 Å². The molecule has 7 aliphatic rings. The van der Waals surface area contributed by atoms with E-state index in [1.54, 1.807) is 11.0 Å². The summed E-state index contributed by atoms with van der Waals surface area (Å²) in [5.74, 6) is -5.61. The van der Waals surface area contributed by atoms with Gasteiger partial charge in [-0.25, -0.2) is 0 Å². The predicted molar refractivity (Wildman–Crippen MR) is 146 cm³/mol. The third kappa shape index (κ3) is 3.22. The minimum absolute atomic E-state index is 0.0522. The number of ketones is 2. The highest BCUT2D eigenvalue weighted by molar-refractivity contribution is 7.12. The molecule has 8 rings (SSSR count). The molecule has 1 amide bonds. The Bertz CT molecular complexity index is 1350. The maximum atomic E-state index is 14.2. The van der Waals surface area contributed by atoms with Crippen LogP contribution in [0.25, 0.3) is 0 Å². The second-order valence-corrected chi connectivity index (χ2v) is 14.7. The number of hydrogen-bond donors (Lipinski definition) is 2. The molecule has 41 heavy (non-hydrogen) atoms. The van der Waals surface area contributed by atoms with E-state index in [0.29, 0.717) is 56.5 Å². The molecule has 10 heteroatoms. The van der Waals surface area contributed by atoms with Gasteiger partial charge in [0.2, 0.25) is 5.79 Å². The van der Waals surface area contributed by atoms with Crippen LogP contribution in [0.5, 0.6) is 0 Å². The number of amides is 1. The number of thiophene rings is 1. The van der Waals surface area contributed by atoms with Crippen molar-refractivity contribution in [2.24, 2.45) is 39.9 Å². The fourth-order valence-corrected chi connectivity index (χ4v) is 10.6. The van der Waals surface area contributed by atoms with Crippen molar-refractivity contribution in [2.45, 2.75) is 70.4 Å². The van der Waals surface area contributed by atoms with Crippen LogP contribution in [-0.2, 0) is 23.9 Å². The molecule has 4 saturated carbocycles. The highest BCUT2D eigenvalue weighted by atomic mass is 32.1. The number of aliphatic hydroxyl groups is 2. The van der Waals surface area contributed by atoms with E-state index in [2.05, 4.69) is 6.58 Å². The van der Waals surface area contributed by atoms with Crippen LogP contribution in [0.3, 0.4) is 0 Å². The van der Waals surface area contributed by atoms with Gasteiger partial charge >= 0.3 is 5.97 Å². The average Bonchev–Trinajstić information content (AvgIpc) is 3.53. The molecular weight excluding hydrogens is 546 g/mol. The van der Waals surface area contributed by atoms with Crippen LogP contribution in [-0.4, -0.2) is 76.2 Å². The highest BCUT2D eigenvalue weighted by Gasteiger charge is 2.88. The van der Waals surface area contributed by atoms with Crippen LogP contribution >= 0.6 is 11.3 Å². The molecule has 7 fully saturated rings. The van der Waals surface area contributed by atoms with Gasteiger partial charge in [-0.2, -0.15) is 0 Å². The Morgan fingerprint density at radius 2 is 1.90 bits per heavy atom. The zero-order valence-electron chi connectivity index (χ0n) is 23.5. The number of carbonyl (C=O) groups excluding carboxylic acids is 4. The average molecular weight is 584 g/mol. The lowest BCUT2D eigenvalue weighted by Gasteiger charge is -2.73. The number of piperidine rings is 1. The molecule has 4 heterocycles. The Labute approximate surface area is 242 Å². The number of hydrogen-bond acceptors (Lipinski definition) is 9. The number of esters is 1. The standard InChI is InChI=1S/C31H37NO8S/c1-16-18-6-7-20-29-15-39-31(38,24(35)22(29)28(2,3)11-8-21(29)33)30(20,23(16)34)25(18)40-27(37)17-9-12-32(13-10-17)26(36)19-5-4-14-41-19/h4-5,14,17-18,20,22,24-25,35,38H,1,6-13,15H2,2-3H3/t18-,20-,22+,24-,25+,29+,30-,31+/m0/s1. The number of Topliss-reactive ketones (excluding diaryl/α,β-unsaturated/α-hetero) is 2. The maximum absolute atomic E-state index is 14.2. The van der Waals surface area contributed by atoms with Crippen molar-refractivity contribution in [3.8, 4) is 0 Å². The largest absolute Gasteiger partial charge is 0.460 e. The SMILES string of the molecule is C=C1C(=O)[C@]23[C@H](OC(=O)C4CCN(C(=O)c5cccs5)CC4)[C@H]1CC[C@H]2[C@@]12CO[C@]3(O)[C@@H](O)[C@@H]1C(C)(C)CCC2=O. The van der Waals surface area contributed by atoms with E-state index in [9.17, 15) is 29.4 Å². The molecule has 3 aliphatic heterocycles. The van der Waals surface area contributed by atoms with Crippen LogP contribution in [0.4, 0.5) is 0 Å². The van der Waals surface area contributed by atoms with Crippen molar-refractivity contribution in [1.82, 2.24) is 4.90 Å². The van der Waals surface area contributed by atoms with Gasteiger partial charge in [0.15, 0.2) is 5.78 Å².